The summed E-state index contributed by atoms with van der Waals surface area (Å²) < 4.78 is 5.12. The molecule has 5 atom stereocenters. The van der Waals surface area contributed by atoms with Gasteiger partial charge in [-0.1, -0.05) is 61.1 Å². The molecule has 184 valence electrons. The first-order valence-electron chi connectivity index (χ1n) is 12.5. The maximum atomic E-state index is 11.6. The Balaban J connectivity index is 1.70. The van der Waals surface area contributed by atoms with Crippen LogP contribution in [-0.2, 0) is 16.0 Å². The molecule has 0 amide bonds. The average Bonchev–Trinajstić information content (AvgIpc) is 3.04. The van der Waals surface area contributed by atoms with Crippen molar-refractivity contribution in [1.82, 2.24) is 0 Å². The van der Waals surface area contributed by atoms with E-state index >= 15 is 0 Å². The Bertz CT molecular complexity index is 727. The van der Waals surface area contributed by atoms with Gasteiger partial charge < -0.3 is 20.1 Å². The standard InChI is InChI=1S/C28H42O5/c1-21(2)33-28(32)17-9-4-3-8-16-24-25(27(31)20-26(24)30)19-18-23(29)15-11-10-14-22-12-6-5-7-13-22/h3,5-8,12-13,18-19,21,23-27,29-31H,4,9-11,14-17,20H2,1-2H3/b8-3+,19-18+. The molecule has 1 aromatic carbocycles. The molecule has 0 radical (unpaired) electrons. The quantitative estimate of drug-likeness (QED) is 0.213. The lowest BCUT2D eigenvalue weighted by atomic mass is 9.89. The molecule has 0 saturated heterocycles. The monoisotopic (exact) mass is 458 g/mol. The van der Waals surface area contributed by atoms with Gasteiger partial charge in [-0.2, -0.15) is 0 Å². The summed E-state index contributed by atoms with van der Waals surface area (Å²) >= 11 is 0. The predicted octanol–water partition coefficient (Wildman–Crippen LogP) is 4.74. The SMILES string of the molecule is CC(C)OC(=O)CCC/C=C/CC1C(O)CC(O)C1/C=C/C(O)CCCCc1ccccc1. The smallest absolute Gasteiger partial charge is 0.306 e. The molecule has 33 heavy (non-hydrogen) atoms. The molecular weight excluding hydrogens is 416 g/mol. The van der Waals surface area contributed by atoms with Gasteiger partial charge in [0.05, 0.1) is 24.4 Å². The third-order valence-corrected chi connectivity index (χ3v) is 6.22. The molecule has 0 bridgehead atoms. The summed E-state index contributed by atoms with van der Waals surface area (Å²) in [7, 11) is 0. The second-order valence-corrected chi connectivity index (χ2v) is 9.43. The van der Waals surface area contributed by atoms with E-state index in [1.54, 1.807) is 6.08 Å². The second kappa shape index (κ2) is 15.0. The average molecular weight is 459 g/mol. The second-order valence-electron chi connectivity index (χ2n) is 9.43. The van der Waals surface area contributed by atoms with Crippen LogP contribution in [0.1, 0.15) is 70.8 Å². The van der Waals surface area contributed by atoms with Crippen LogP contribution in [0, 0.1) is 11.8 Å². The van der Waals surface area contributed by atoms with Gasteiger partial charge in [-0.15, -0.1) is 0 Å². The van der Waals surface area contributed by atoms with E-state index in [1.807, 2.05) is 50.3 Å². The molecule has 1 aromatic rings. The number of benzene rings is 1. The topological polar surface area (TPSA) is 87.0 Å². The number of hydrogen-bond acceptors (Lipinski definition) is 5. The molecule has 5 heteroatoms. The minimum Gasteiger partial charge on any atom is -0.463 e. The minimum absolute atomic E-state index is 0.0660. The molecule has 2 rings (SSSR count). The van der Waals surface area contributed by atoms with E-state index in [0.717, 1.165) is 32.1 Å². The number of carbonyl (C=O) groups is 1. The third-order valence-electron chi connectivity index (χ3n) is 6.22. The molecule has 0 spiro atoms. The van der Waals surface area contributed by atoms with Gasteiger partial charge in [-0.3, -0.25) is 4.79 Å². The van der Waals surface area contributed by atoms with Crippen molar-refractivity contribution in [3.05, 3.63) is 60.2 Å². The highest BCUT2D eigenvalue weighted by Crippen LogP contribution is 2.36. The van der Waals surface area contributed by atoms with E-state index in [2.05, 4.69) is 12.1 Å². The molecule has 1 fully saturated rings. The fourth-order valence-electron chi connectivity index (χ4n) is 4.44. The Hall–Kier alpha value is -1.95. The Morgan fingerprint density at radius 1 is 1.09 bits per heavy atom. The summed E-state index contributed by atoms with van der Waals surface area (Å²) in [6.45, 7) is 3.68. The fourth-order valence-corrected chi connectivity index (χ4v) is 4.44. The summed E-state index contributed by atoms with van der Waals surface area (Å²) in [5.74, 6) is -0.398. The zero-order valence-corrected chi connectivity index (χ0v) is 20.2. The number of ether oxygens (including phenoxy) is 1. The largest absolute Gasteiger partial charge is 0.463 e. The molecule has 5 unspecified atom stereocenters. The zero-order valence-electron chi connectivity index (χ0n) is 20.2. The van der Waals surface area contributed by atoms with Crippen LogP contribution >= 0.6 is 0 Å². The van der Waals surface area contributed by atoms with Crippen molar-refractivity contribution in [2.24, 2.45) is 11.8 Å². The van der Waals surface area contributed by atoms with Gasteiger partial charge in [0.15, 0.2) is 0 Å². The van der Waals surface area contributed by atoms with Gasteiger partial charge in [0, 0.05) is 18.8 Å². The lowest BCUT2D eigenvalue weighted by Gasteiger charge is -2.19. The van der Waals surface area contributed by atoms with Crippen LogP contribution in [0.2, 0.25) is 0 Å². The summed E-state index contributed by atoms with van der Waals surface area (Å²) in [6.07, 6.45) is 12.6. The van der Waals surface area contributed by atoms with E-state index < -0.39 is 18.3 Å². The fraction of sp³-hybridized carbons (Fsp3) is 0.607. The van der Waals surface area contributed by atoms with Crippen molar-refractivity contribution < 1.29 is 24.9 Å². The van der Waals surface area contributed by atoms with Crippen LogP contribution in [0.5, 0.6) is 0 Å². The number of esters is 1. The molecule has 3 N–H and O–H groups in total. The first-order chi connectivity index (χ1) is 15.9. The summed E-state index contributed by atoms with van der Waals surface area (Å²) in [5.41, 5.74) is 1.32. The summed E-state index contributed by atoms with van der Waals surface area (Å²) in [4.78, 5) is 11.6. The van der Waals surface area contributed by atoms with Gasteiger partial charge >= 0.3 is 5.97 Å². The van der Waals surface area contributed by atoms with Gasteiger partial charge in [-0.25, -0.2) is 0 Å². The van der Waals surface area contributed by atoms with Crippen molar-refractivity contribution in [3.63, 3.8) is 0 Å². The van der Waals surface area contributed by atoms with Crippen molar-refractivity contribution in [2.45, 2.75) is 96.1 Å². The van der Waals surface area contributed by atoms with Gasteiger partial charge in [0.1, 0.15) is 0 Å². The lowest BCUT2D eigenvalue weighted by molar-refractivity contribution is -0.147. The summed E-state index contributed by atoms with van der Waals surface area (Å²) in [5, 5.41) is 31.1. The van der Waals surface area contributed by atoms with E-state index in [9.17, 15) is 20.1 Å². The minimum atomic E-state index is -0.592. The van der Waals surface area contributed by atoms with Crippen LogP contribution in [-0.4, -0.2) is 45.7 Å². The van der Waals surface area contributed by atoms with E-state index in [-0.39, 0.29) is 23.9 Å². The Morgan fingerprint density at radius 3 is 2.58 bits per heavy atom. The molecular formula is C28H42O5. The van der Waals surface area contributed by atoms with E-state index in [1.165, 1.54) is 5.56 Å². The molecule has 0 heterocycles. The molecule has 0 aromatic heterocycles. The Labute approximate surface area is 199 Å². The number of unbranched alkanes of at least 4 members (excludes halogenated alkanes) is 2. The van der Waals surface area contributed by atoms with Crippen LogP contribution < -0.4 is 0 Å². The van der Waals surface area contributed by atoms with Crippen molar-refractivity contribution in [3.8, 4) is 0 Å². The normalized spacial score (nSPS) is 24.2. The van der Waals surface area contributed by atoms with Crippen LogP contribution in [0.15, 0.2) is 54.6 Å². The number of aliphatic hydroxyl groups is 3. The van der Waals surface area contributed by atoms with E-state index in [4.69, 9.17) is 4.74 Å². The maximum absolute atomic E-state index is 11.6. The third kappa shape index (κ3) is 10.7. The van der Waals surface area contributed by atoms with Crippen molar-refractivity contribution >= 4 is 5.97 Å². The highest BCUT2D eigenvalue weighted by molar-refractivity contribution is 5.69. The molecule has 1 aliphatic carbocycles. The van der Waals surface area contributed by atoms with Crippen LogP contribution in [0.25, 0.3) is 0 Å². The molecule has 5 nitrogen and oxygen atoms in total. The number of hydrogen-bond donors (Lipinski definition) is 3. The summed E-state index contributed by atoms with van der Waals surface area (Å²) in [6, 6.07) is 10.4. The highest BCUT2D eigenvalue weighted by atomic mass is 16.5. The maximum Gasteiger partial charge on any atom is 0.306 e. The molecule has 0 aliphatic heterocycles. The first kappa shape index (κ1) is 27.3. The molecule has 1 aliphatic rings. The lowest BCUT2D eigenvalue weighted by Crippen LogP contribution is -2.20. The van der Waals surface area contributed by atoms with Gasteiger partial charge in [0.25, 0.3) is 0 Å². The Morgan fingerprint density at radius 2 is 1.85 bits per heavy atom. The number of allylic oxidation sites excluding steroid dienone is 2. The number of aliphatic hydroxyl groups excluding tert-OH is 3. The highest BCUT2D eigenvalue weighted by Gasteiger charge is 2.39. The van der Waals surface area contributed by atoms with Crippen molar-refractivity contribution in [2.75, 3.05) is 0 Å². The van der Waals surface area contributed by atoms with E-state index in [0.29, 0.717) is 25.7 Å². The Kier molecular flexibility index (Phi) is 12.4. The number of carbonyl (C=O) groups excluding carboxylic acids is 1. The zero-order chi connectivity index (χ0) is 24.1. The van der Waals surface area contributed by atoms with Gasteiger partial charge in [0.2, 0.25) is 0 Å². The predicted molar refractivity (Wildman–Crippen MR) is 132 cm³/mol. The first-order valence-corrected chi connectivity index (χ1v) is 12.5. The molecule has 1 saturated carbocycles. The van der Waals surface area contributed by atoms with Crippen molar-refractivity contribution in [1.29, 1.82) is 0 Å². The number of rotatable bonds is 14. The van der Waals surface area contributed by atoms with Crippen LogP contribution in [0.4, 0.5) is 0 Å². The number of aryl methyl sites for hydroxylation is 1. The van der Waals surface area contributed by atoms with Gasteiger partial charge in [-0.05, 0) is 63.9 Å². The van der Waals surface area contributed by atoms with Crippen LogP contribution in [0.3, 0.4) is 0 Å².